The summed E-state index contributed by atoms with van der Waals surface area (Å²) in [5.41, 5.74) is -0.347. The van der Waals surface area contributed by atoms with Gasteiger partial charge >= 0.3 is 0 Å². The first-order chi connectivity index (χ1) is 10.2. The number of halogens is 1. The molecule has 1 heterocycles. The van der Waals surface area contributed by atoms with E-state index in [9.17, 15) is 14.0 Å². The fourth-order valence-corrected chi connectivity index (χ4v) is 2.64. The summed E-state index contributed by atoms with van der Waals surface area (Å²) in [4.78, 5) is 30.8. The van der Waals surface area contributed by atoms with Crippen molar-refractivity contribution in [2.75, 3.05) is 0 Å². The topological polar surface area (TPSA) is 74.8 Å². The lowest BCUT2D eigenvalue weighted by Gasteiger charge is -2.22. The minimum absolute atomic E-state index is 0.139. The summed E-state index contributed by atoms with van der Waals surface area (Å²) in [6.45, 7) is 7.42. The molecular formula is C15H18FN3O2S. The zero-order chi connectivity index (χ0) is 16.5. The van der Waals surface area contributed by atoms with Crippen molar-refractivity contribution < 1.29 is 9.18 Å². The normalized spacial score (nSPS) is 13.1. The molecule has 22 heavy (non-hydrogen) atoms. The van der Waals surface area contributed by atoms with E-state index in [1.165, 1.54) is 12.1 Å². The van der Waals surface area contributed by atoms with Gasteiger partial charge in [0.15, 0.2) is 5.16 Å². The maximum absolute atomic E-state index is 13.2. The molecule has 2 N–H and O–H groups in total. The highest BCUT2D eigenvalue weighted by Crippen LogP contribution is 2.21. The van der Waals surface area contributed by atoms with Gasteiger partial charge in [0.05, 0.1) is 16.2 Å². The molecule has 0 fully saturated rings. The molecule has 0 radical (unpaired) electrons. The van der Waals surface area contributed by atoms with Crippen LogP contribution in [-0.2, 0) is 4.79 Å². The van der Waals surface area contributed by atoms with Gasteiger partial charge in [0.2, 0.25) is 5.91 Å². The average Bonchev–Trinajstić information content (AvgIpc) is 2.37. The number of aromatic nitrogens is 2. The molecular weight excluding hydrogens is 305 g/mol. The number of fused-ring (bicyclic) bond motifs is 1. The van der Waals surface area contributed by atoms with Crippen LogP contribution in [0, 0.1) is 5.82 Å². The predicted octanol–water partition coefficient (Wildman–Crippen LogP) is 2.46. The van der Waals surface area contributed by atoms with Gasteiger partial charge in [-0.15, -0.1) is 0 Å². The molecule has 118 valence electrons. The summed E-state index contributed by atoms with van der Waals surface area (Å²) in [7, 11) is 0. The summed E-state index contributed by atoms with van der Waals surface area (Å²) in [5, 5.41) is 2.98. The quantitative estimate of drug-likeness (QED) is 0.672. The van der Waals surface area contributed by atoms with E-state index in [0.717, 1.165) is 17.8 Å². The van der Waals surface area contributed by atoms with Gasteiger partial charge in [-0.1, -0.05) is 11.8 Å². The van der Waals surface area contributed by atoms with Gasteiger partial charge in [0.1, 0.15) is 5.82 Å². The molecule has 1 amide bonds. The van der Waals surface area contributed by atoms with Gasteiger partial charge in [-0.05, 0) is 45.9 Å². The third kappa shape index (κ3) is 4.07. The maximum atomic E-state index is 13.2. The lowest BCUT2D eigenvalue weighted by molar-refractivity contribution is -0.121. The predicted molar refractivity (Wildman–Crippen MR) is 85.5 cm³/mol. The molecule has 7 heteroatoms. The molecule has 1 aromatic carbocycles. The molecule has 0 bridgehead atoms. The molecule has 2 aromatic rings. The van der Waals surface area contributed by atoms with Crippen LogP contribution >= 0.6 is 11.8 Å². The van der Waals surface area contributed by atoms with Crippen molar-refractivity contribution >= 4 is 28.6 Å². The van der Waals surface area contributed by atoms with Crippen molar-refractivity contribution in [1.82, 2.24) is 15.3 Å². The number of carbonyl (C=O) groups is 1. The number of H-pyrrole nitrogens is 1. The fraction of sp³-hybridized carbons (Fsp3) is 0.400. The molecule has 0 saturated carbocycles. The second kappa shape index (κ2) is 6.08. The highest BCUT2D eigenvalue weighted by atomic mass is 32.2. The molecule has 0 spiro atoms. The Kier molecular flexibility index (Phi) is 4.55. The first-order valence-corrected chi connectivity index (χ1v) is 7.72. The maximum Gasteiger partial charge on any atom is 0.259 e. The van der Waals surface area contributed by atoms with Gasteiger partial charge in [0, 0.05) is 5.54 Å². The second-order valence-corrected chi connectivity index (χ2v) is 7.36. The standard InChI is InChI=1S/C15H18FN3O2S/c1-8(12(20)19-15(2,3)4)22-14-17-11-6-5-9(16)7-10(11)13(21)18-14/h5-8H,1-4H3,(H,19,20)(H,17,18,21)/t8-/m1/s1. The van der Waals surface area contributed by atoms with Crippen molar-refractivity contribution in [2.45, 2.75) is 43.6 Å². The van der Waals surface area contributed by atoms with Gasteiger partial charge in [-0.3, -0.25) is 9.59 Å². The van der Waals surface area contributed by atoms with E-state index in [2.05, 4.69) is 15.3 Å². The lowest BCUT2D eigenvalue weighted by atomic mass is 10.1. The van der Waals surface area contributed by atoms with E-state index in [4.69, 9.17) is 0 Å². The Bertz CT molecular complexity index is 767. The molecule has 0 saturated heterocycles. The Morgan fingerprint density at radius 2 is 2.09 bits per heavy atom. The van der Waals surface area contributed by atoms with Crippen molar-refractivity contribution in [3.8, 4) is 0 Å². The molecule has 0 aliphatic carbocycles. The molecule has 0 unspecified atom stereocenters. The summed E-state index contributed by atoms with van der Waals surface area (Å²) in [6.07, 6.45) is 0. The first kappa shape index (κ1) is 16.5. The smallest absolute Gasteiger partial charge is 0.259 e. The molecule has 5 nitrogen and oxygen atoms in total. The monoisotopic (exact) mass is 323 g/mol. The highest BCUT2D eigenvalue weighted by molar-refractivity contribution is 8.00. The Balaban J connectivity index is 2.23. The number of carbonyl (C=O) groups excluding carboxylic acids is 1. The van der Waals surface area contributed by atoms with Crippen LogP contribution in [-0.4, -0.2) is 26.7 Å². The largest absolute Gasteiger partial charge is 0.351 e. The van der Waals surface area contributed by atoms with E-state index in [-0.39, 0.29) is 16.8 Å². The number of hydrogen-bond donors (Lipinski definition) is 2. The van der Waals surface area contributed by atoms with Crippen molar-refractivity contribution in [3.63, 3.8) is 0 Å². The number of amides is 1. The number of benzene rings is 1. The summed E-state index contributed by atoms with van der Waals surface area (Å²) < 4.78 is 13.2. The van der Waals surface area contributed by atoms with Crippen molar-refractivity contribution in [1.29, 1.82) is 0 Å². The highest BCUT2D eigenvalue weighted by Gasteiger charge is 2.21. The van der Waals surface area contributed by atoms with Gasteiger partial charge in [-0.25, -0.2) is 9.37 Å². The van der Waals surface area contributed by atoms with E-state index < -0.39 is 16.6 Å². The lowest BCUT2D eigenvalue weighted by Crippen LogP contribution is -2.44. The summed E-state index contributed by atoms with van der Waals surface area (Å²) in [6, 6.07) is 3.84. The van der Waals surface area contributed by atoms with Gasteiger partial charge < -0.3 is 10.3 Å². The number of nitrogens with zero attached hydrogens (tertiary/aromatic N) is 1. The van der Waals surface area contributed by atoms with Gasteiger partial charge in [-0.2, -0.15) is 0 Å². The Hall–Kier alpha value is -1.89. The number of hydrogen-bond acceptors (Lipinski definition) is 4. The average molecular weight is 323 g/mol. The van der Waals surface area contributed by atoms with Crippen molar-refractivity contribution in [3.05, 3.63) is 34.4 Å². The molecule has 0 aliphatic rings. The SMILES string of the molecule is C[C@@H](Sc1nc2ccc(F)cc2c(=O)[nH]1)C(=O)NC(C)(C)C. The van der Waals surface area contributed by atoms with Crippen LogP contribution in [0.1, 0.15) is 27.7 Å². The zero-order valence-corrected chi connectivity index (χ0v) is 13.7. The molecule has 1 atom stereocenters. The van der Waals surface area contributed by atoms with E-state index >= 15 is 0 Å². The third-order valence-corrected chi connectivity index (χ3v) is 3.79. The summed E-state index contributed by atoms with van der Waals surface area (Å²) >= 11 is 1.15. The van der Waals surface area contributed by atoms with Crippen LogP contribution in [0.15, 0.2) is 28.2 Å². The van der Waals surface area contributed by atoms with Crippen molar-refractivity contribution in [2.24, 2.45) is 0 Å². The zero-order valence-electron chi connectivity index (χ0n) is 12.9. The van der Waals surface area contributed by atoms with Crippen LogP contribution < -0.4 is 10.9 Å². The number of aromatic amines is 1. The number of rotatable bonds is 3. The van der Waals surface area contributed by atoms with Crippen LogP contribution in [0.25, 0.3) is 10.9 Å². The van der Waals surface area contributed by atoms with Crippen LogP contribution in [0.3, 0.4) is 0 Å². The Morgan fingerprint density at radius 1 is 1.41 bits per heavy atom. The first-order valence-electron chi connectivity index (χ1n) is 6.84. The van der Waals surface area contributed by atoms with Crippen LogP contribution in [0.5, 0.6) is 0 Å². The van der Waals surface area contributed by atoms with Crippen LogP contribution in [0.4, 0.5) is 4.39 Å². The molecule has 0 aliphatic heterocycles. The Morgan fingerprint density at radius 3 is 2.73 bits per heavy atom. The second-order valence-electron chi connectivity index (χ2n) is 6.03. The van der Waals surface area contributed by atoms with E-state index in [1.807, 2.05) is 20.8 Å². The number of thioether (sulfide) groups is 1. The molecule has 1 aromatic heterocycles. The Labute approximate surface area is 131 Å². The molecule has 2 rings (SSSR count). The van der Waals surface area contributed by atoms with Gasteiger partial charge in [0.25, 0.3) is 5.56 Å². The third-order valence-electron chi connectivity index (χ3n) is 2.80. The van der Waals surface area contributed by atoms with E-state index in [0.29, 0.717) is 10.7 Å². The summed E-state index contributed by atoms with van der Waals surface area (Å²) in [5.74, 6) is -0.627. The van der Waals surface area contributed by atoms with E-state index in [1.54, 1.807) is 6.92 Å². The minimum atomic E-state index is -0.488. The van der Waals surface area contributed by atoms with Crippen LogP contribution in [0.2, 0.25) is 0 Å². The minimum Gasteiger partial charge on any atom is -0.351 e. The fourth-order valence-electron chi connectivity index (χ4n) is 1.84. The number of nitrogens with one attached hydrogen (secondary N) is 2.